The maximum atomic E-state index is 10.2. The van der Waals surface area contributed by atoms with Gasteiger partial charge in [-0.2, -0.15) is 0 Å². The molecule has 0 saturated carbocycles. The lowest BCUT2D eigenvalue weighted by Gasteiger charge is -2.03. The monoisotopic (exact) mass is 218 g/mol. The Morgan fingerprint density at radius 3 is 1.73 bits per heavy atom. The lowest BCUT2D eigenvalue weighted by molar-refractivity contribution is -0.148. The molecule has 0 aromatic carbocycles. The highest BCUT2D eigenvalue weighted by molar-refractivity contribution is 5.78. The fraction of sp³-hybridized carbons (Fsp3) is 0.444. The lowest BCUT2D eigenvalue weighted by Crippen LogP contribution is -2.16. The minimum atomic E-state index is -1.06. The predicted molar refractivity (Wildman–Crippen MR) is 51.5 cm³/mol. The first-order valence-corrected chi connectivity index (χ1v) is 4.15. The molecule has 1 atom stereocenters. The fourth-order valence-electron chi connectivity index (χ4n) is 0.617. The first-order chi connectivity index (χ1) is 6.84. The summed E-state index contributed by atoms with van der Waals surface area (Å²) in [5.41, 5.74) is 0. The Bertz CT molecular complexity index is 245. The Morgan fingerprint density at radius 2 is 1.67 bits per heavy atom. The van der Waals surface area contributed by atoms with Gasteiger partial charge in [-0.05, 0) is 6.42 Å². The van der Waals surface area contributed by atoms with E-state index in [1.165, 1.54) is 0 Å². The zero-order valence-corrected chi connectivity index (χ0v) is 8.34. The van der Waals surface area contributed by atoms with Crippen molar-refractivity contribution in [2.75, 3.05) is 0 Å². The molecule has 0 amide bonds. The number of carbonyl (C=O) groups is 3. The Morgan fingerprint density at radius 1 is 1.27 bits per heavy atom. The standard InChI is InChI=1S/C6H10O4.C3H4O2/c1-2-4(6(9)10)3-5(7)8;1-2-3(4)5/h4H,2-3H2,1H3,(H,7,8)(H,9,10);2H,1H2,(H,4,5). The molecule has 0 spiro atoms. The van der Waals surface area contributed by atoms with E-state index in [2.05, 4.69) is 6.58 Å². The Kier molecular flexibility index (Phi) is 9.09. The van der Waals surface area contributed by atoms with Crippen LogP contribution in [0.25, 0.3) is 0 Å². The van der Waals surface area contributed by atoms with Gasteiger partial charge < -0.3 is 15.3 Å². The van der Waals surface area contributed by atoms with Crippen molar-refractivity contribution in [2.24, 2.45) is 5.92 Å². The highest BCUT2D eigenvalue weighted by atomic mass is 16.4. The molecular weight excluding hydrogens is 204 g/mol. The molecule has 6 nitrogen and oxygen atoms in total. The van der Waals surface area contributed by atoms with Crippen molar-refractivity contribution in [2.45, 2.75) is 19.8 Å². The summed E-state index contributed by atoms with van der Waals surface area (Å²) < 4.78 is 0. The van der Waals surface area contributed by atoms with E-state index in [0.29, 0.717) is 6.42 Å². The Hall–Kier alpha value is -1.85. The van der Waals surface area contributed by atoms with Crippen molar-refractivity contribution in [1.29, 1.82) is 0 Å². The quantitative estimate of drug-likeness (QED) is 0.589. The van der Waals surface area contributed by atoms with Crippen LogP contribution in [0.3, 0.4) is 0 Å². The van der Waals surface area contributed by atoms with Crippen LogP contribution in [0.4, 0.5) is 0 Å². The van der Waals surface area contributed by atoms with Gasteiger partial charge >= 0.3 is 17.9 Å². The Labute approximate surface area is 86.8 Å². The summed E-state index contributed by atoms with van der Waals surface area (Å²) >= 11 is 0. The van der Waals surface area contributed by atoms with Crippen LogP contribution in [0, 0.1) is 5.92 Å². The van der Waals surface area contributed by atoms with E-state index in [-0.39, 0.29) is 6.42 Å². The molecule has 0 aliphatic rings. The van der Waals surface area contributed by atoms with Gasteiger partial charge in [-0.3, -0.25) is 9.59 Å². The third-order valence-corrected chi connectivity index (χ3v) is 1.44. The van der Waals surface area contributed by atoms with Crippen LogP contribution >= 0.6 is 0 Å². The summed E-state index contributed by atoms with van der Waals surface area (Å²) in [6.45, 7) is 4.62. The third kappa shape index (κ3) is 12.1. The van der Waals surface area contributed by atoms with E-state index < -0.39 is 23.8 Å². The van der Waals surface area contributed by atoms with Gasteiger partial charge in [-0.15, -0.1) is 0 Å². The molecule has 15 heavy (non-hydrogen) atoms. The molecule has 0 fully saturated rings. The maximum absolute atomic E-state index is 10.2. The smallest absolute Gasteiger partial charge is 0.327 e. The molecule has 0 aliphatic carbocycles. The molecule has 1 unspecified atom stereocenters. The number of hydrogen-bond acceptors (Lipinski definition) is 3. The van der Waals surface area contributed by atoms with Gasteiger partial charge in [0, 0.05) is 6.08 Å². The second-order valence-corrected chi connectivity index (χ2v) is 2.58. The largest absolute Gasteiger partial charge is 0.481 e. The topological polar surface area (TPSA) is 112 Å². The van der Waals surface area contributed by atoms with E-state index in [0.717, 1.165) is 6.08 Å². The number of rotatable bonds is 5. The maximum Gasteiger partial charge on any atom is 0.327 e. The fourth-order valence-corrected chi connectivity index (χ4v) is 0.617. The van der Waals surface area contributed by atoms with Crippen LogP contribution in [0.5, 0.6) is 0 Å². The summed E-state index contributed by atoms with van der Waals surface area (Å²) in [4.78, 5) is 29.5. The van der Waals surface area contributed by atoms with Crippen LogP contribution in [0.1, 0.15) is 19.8 Å². The van der Waals surface area contributed by atoms with Crippen molar-refractivity contribution in [3.8, 4) is 0 Å². The van der Waals surface area contributed by atoms with Crippen LogP contribution in [0.2, 0.25) is 0 Å². The van der Waals surface area contributed by atoms with Crippen molar-refractivity contribution < 1.29 is 29.7 Å². The van der Waals surface area contributed by atoms with E-state index in [1.54, 1.807) is 6.92 Å². The van der Waals surface area contributed by atoms with Crippen LogP contribution in [-0.2, 0) is 14.4 Å². The first-order valence-electron chi connectivity index (χ1n) is 4.15. The van der Waals surface area contributed by atoms with E-state index in [9.17, 15) is 14.4 Å². The summed E-state index contributed by atoms with van der Waals surface area (Å²) in [5.74, 6) is -3.82. The molecule has 0 bridgehead atoms. The molecule has 0 radical (unpaired) electrons. The van der Waals surface area contributed by atoms with Gasteiger partial charge in [0.1, 0.15) is 0 Å². The second-order valence-electron chi connectivity index (χ2n) is 2.58. The Balaban J connectivity index is 0. The summed E-state index contributed by atoms with van der Waals surface area (Å²) in [6, 6.07) is 0. The second kappa shape index (κ2) is 8.74. The van der Waals surface area contributed by atoms with E-state index in [4.69, 9.17) is 15.3 Å². The van der Waals surface area contributed by atoms with Crippen LogP contribution in [-0.4, -0.2) is 33.2 Å². The molecule has 0 saturated heterocycles. The molecule has 0 rings (SSSR count). The van der Waals surface area contributed by atoms with Crippen LogP contribution in [0.15, 0.2) is 12.7 Å². The van der Waals surface area contributed by atoms with E-state index >= 15 is 0 Å². The number of carboxylic acids is 3. The van der Waals surface area contributed by atoms with Crippen molar-refractivity contribution in [3.63, 3.8) is 0 Å². The van der Waals surface area contributed by atoms with Gasteiger partial charge in [-0.1, -0.05) is 13.5 Å². The average Bonchev–Trinajstić information content (AvgIpc) is 2.14. The van der Waals surface area contributed by atoms with Gasteiger partial charge in [-0.25, -0.2) is 4.79 Å². The zero-order chi connectivity index (χ0) is 12.4. The molecule has 6 heteroatoms. The first kappa shape index (κ1) is 15.6. The molecule has 0 aromatic rings. The van der Waals surface area contributed by atoms with E-state index in [1.807, 2.05) is 0 Å². The number of hydrogen-bond donors (Lipinski definition) is 3. The third-order valence-electron chi connectivity index (χ3n) is 1.44. The predicted octanol–water partition coefficient (Wildman–Crippen LogP) is 0.829. The van der Waals surface area contributed by atoms with Gasteiger partial charge in [0.25, 0.3) is 0 Å². The summed E-state index contributed by atoms with van der Waals surface area (Å²) in [7, 11) is 0. The lowest BCUT2D eigenvalue weighted by atomic mass is 10.0. The van der Waals surface area contributed by atoms with Crippen molar-refractivity contribution in [1.82, 2.24) is 0 Å². The van der Waals surface area contributed by atoms with Crippen molar-refractivity contribution in [3.05, 3.63) is 12.7 Å². The highest BCUT2D eigenvalue weighted by Gasteiger charge is 2.17. The molecule has 86 valence electrons. The van der Waals surface area contributed by atoms with Gasteiger partial charge in [0.05, 0.1) is 12.3 Å². The molecular formula is C9H14O6. The summed E-state index contributed by atoms with van der Waals surface area (Å²) in [5, 5.41) is 24.2. The van der Waals surface area contributed by atoms with Gasteiger partial charge in [0.15, 0.2) is 0 Å². The normalized spacial score (nSPS) is 10.5. The number of carboxylic acid groups (broad SMARTS) is 3. The number of aliphatic carboxylic acids is 3. The summed E-state index contributed by atoms with van der Waals surface area (Å²) in [6.07, 6.45) is 0.910. The molecule has 0 aromatic heterocycles. The van der Waals surface area contributed by atoms with Crippen LogP contribution < -0.4 is 0 Å². The molecule has 3 N–H and O–H groups in total. The SMILES string of the molecule is C=CC(=O)O.CCC(CC(=O)O)C(=O)O. The highest BCUT2D eigenvalue weighted by Crippen LogP contribution is 2.07. The zero-order valence-electron chi connectivity index (χ0n) is 8.34. The van der Waals surface area contributed by atoms with Gasteiger partial charge in [0.2, 0.25) is 0 Å². The molecule has 0 aliphatic heterocycles. The van der Waals surface area contributed by atoms with Crippen molar-refractivity contribution >= 4 is 17.9 Å². The average molecular weight is 218 g/mol. The molecule has 0 heterocycles. The minimum Gasteiger partial charge on any atom is -0.481 e. The minimum absolute atomic E-state index is 0.286.